The maximum atomic E-state index is 12.8. The van der Waals surface area contributed by atoms with Crippen molar-refractivity contribution in [3.63, 3.8) is 0 Å². The molecule has 1 aromatic heterocycles. The van der Waals surface area contributed by atoms with E-state index in [0.717, 1.165) is 34.4 Å². The molecule has 0 N–H and O–H groups in total. The average molecular weight is 526 g/mol. The zero-order valence-corrected chi connectivity index (χ0v) is 22.5. The Balaban J connectivity index is 1.36. The van der Waals surface area contributed by atoms with Gasteiger partial charge in [0, 0.05) is 60.0 Å². The van der Waals surface area contributed by atoms with Gasteiger partial charge < -0.3 is 9.80 Å². The molecule has 1 fully saturated rings. The van der Waals surface area contributed by atoms with Crippen LogP contribution in [-0.4, -0.2) is 67.8 Å². The Kier molecular flexibility index (Phi) is 8.69. The molecule has 4 rings (SSSR count). The summed E-state index contributed by atoms with van der Waals surface area (Å²) >= 11 is 7.67. The molecule has 0 saturated carbocycles. The van der Waals surface area contributed by atoms with Gasteiger partial charge in [-0.3, -0.25) is 14.2 Å². The highest BCUT2D eigenvalue weighted by Gasteiger charge is 2.30. The van der Waals surface area contributed by atoms with Crippen LogP contribution < -0.4 is 0 Å². The van der Waals surface area contributed by atoms with Crippen LogP contribution in [0.15, 0.2) is 59.8 Å². The number of rotatable bonds is 8. The summed E-state index contributed by atoms with van der Waals surface area (Å²) in [7, 11) is 0. The number of hydrogen-bond donors (Lipinski definition) is 0. The van der Waals surface area contributed by atoms with Gasteiger partial charge in [0.1, 0.15) is 0 Å². The molecule has 1 aliphatic heterocycles. The van der Waals surface area contributed by atoms with Gasteiger partial charge in [0.2, 0.25) is 11.8 Å². The molecule has 0 aliphatic carbocycles. The standard InChI is InChI=1S/C27H32ClN5O2S/c1-19(2)26(35)32-16-15-31(18-20(32)3)24(34)10-7-17-36-27-30-29-25(21-11-13-22(28)14-12-21)33(27)23-8-5-4-6-9-23/h4-6,8-9,11-14,19-20H,7,10,15-18H2,1-3H3. The third-order valence-corrected chi connectivity index (χ3v) is 7.54. The number of piperazine rings is 1. The van der Waals surface area contributed by atoms with Crippen molar-refractivity contribution < 1.29 is 9.59 Å². The maximum Gasteiger partial charge on any atom is 0.225 e. The average Bonchev–Trinajstić information content (AvgIpc) is 3.30. The first kappa shape index (κ1) is 26.2. The number of carbonyl (C=O) groups excluding carboxylic acids is 2. The lowest BCUT2D eigenvalue weighted by atomic mass is 10.1. The molecular weight excluding hydrogens is 494 g/mol. The van der Waals surface area contributed by atoms with Crippen LogP contribution in [0.1, 0.15) is 33.6 Å². The molecule has 2 aromatic carbocycles. The Morgan fingerprint density at radius 1 is 1.06 bits per heavy atom. The topological polar surface area (TPSA) is 71.3 Å². The van der Waals surface area contributed by atoms with Crippen molar-refractivity contribution in [2.24, 2.45) is 5.92 Å². The van der Waals surface area contributed by atoms with Gasteiger partial charge in [-0.25, -0.2) is 0 Å². The summed E-state index contributed by atoms with van der Waals surface area (Å²) in [5, 5.41) is 10.4. The van der Waals surface area contributed by atoms with Crippen LogP contribution in [0.4, 0.5) is 0 Å². The fourth-order valence-corrected chi connectivity index (χ4v) is 5.36. The summed E-state index contributed by atoms with van der Waals surface area (Å²) < 4.78 is 2.04. The summed E-state index contributed by atoms with van der Waals surface area (Å²) in [5.74, 6) is 1.78. The molecule has 0 radical (unpaired) electrons. The van der Waals surface area contributed by atoms with E-state index in [1.807, 2.05) is 89.7 Å². The monoisotopic (exact) mass is 525 g/mol. The Morgan fingerprint density at radius 3 is 2.44 bits per heavy atom. The van der Waals surface area contributed by atoms with Gasteiger partial charge in [0.25, 0.3) is 0 Å². The molecule has 3 aromatic rings. The number of nitrogens with zero attached hydrogens (tertiary/aromatic N) is 5. The molecule has 0 bridgehead atoms. The molecule has 1 unspecified atom stereocenters. The number of benzene rings is 2. The molecule has 2 heterocycles. The van der Waals surface area contributed by atoms with Crippen LogP contribution in [0.3, 0.4) is 0 Å². The van der Waals surface area contributed by atoms with Crippen LogP contribution in [0.5, 0.6) is 0 Å². The fraction of sp³-hybridized carbons (Fsp3) is 0.407. The number of aromatic nitrogens is 3. The molecule has 0 spiro atoms. The number of hydrogen-bond acceptors (Lipinski definition) is 5. The molecule has 1 aliphatic rings. The van der Waals surface area contributed by atoms with Gasteiger partial charge in [-0.05, 0) is 49.7 Å². The van der Waals surface area contributed by atoms with Crippen molar-refractivity contribution in [2.75, 3.05) is 25.4 Å². The first-order chi connectivity index (χ1) is 17.3. The largest absolute Gasteiger partial charge is 0.339 e. The number of amides is 2. The van der Waals surface area contributed by atoms with Crippen molar-refractivity contribution in [1.82, 2.24) is 24.6 Å². The lowest BCUT2D eigenvalue weighted by Crippen LogP contribution is -2.56. The van der Waals surface area contributed by atoms with E-state index in [2.05, 4.69) is 10.2 Å². The van der Waals surface area contributed by atoms with Gasteiger partial charge in [0.15, 0.2) is 11.0 Å². The Bertz CT molecular complexity index is 1180. The van der Waals surface area contributed by atoms with Gasteiger partial charge >= 0.3 is 0 Å². The minimum absolute atomic E-state index is 0.0233. The molecule has 190 valence electrons. The van der Waals surface area contributed by atoms with Crippen LogP contribution in [0.25, 0.3) is 17.1 Å². The highest BCUT2D eigenvalue weighted by atomic mass is 35.5. The molecule has 2 amide bonds. The molecule has 1 saturated heterocycles. The van der Waals surface area contributed by atoms with E-state index < -0.39 is 0 Å². The summed E-state index contributed by atoms with van der Waals surface area (Å²) in [4.78, 5) is 29.0. The number of carbonyl (C=O) groups is 2. The van der Waals surface area contributed by atoms with E-state index in [9.17, 15) is 9.59 Å². The highest BCUT2D eigenvalue weighted by molar-refractivity contribution is 7.99. The van der Waals surface area contributed by atoms with Crippen LogP contribution in [0.2, 0.25) is 5.02 Å². The van der Waals surface area contributed by atoms with Crippen molar-refractivity contribution in [2.45, 2.75) is 44.8 Å². The van der Waals surface area contributed by atoms with E-state index in [-0.39, 0.29) is 23.8 Å². The minimum Gasteiger partial charge on any atom is -0.339 e. The number of thioether (sulfide) groups is 1. The van der Waals surface area contributed by atoms with Crippen LogP contribution in [0, 0.1) is 5.92 Å². The first-order valence-electron chi connectivity index (χ1n) is 12.3. The molecule has 9 heteroatoms. The summed E-state index contributed by atoms with van der Waals surface area (Å²) in [6.45, 7) is 7.65. The van der Waals surface area contributed by atoms with Crippen LogP contribution in [-0.2, 0) is 9.59 Å². The lowest BCUT2D eigenvalue weighted by Gasteiger charge is -2.40. The van der Waals surface area contributed by atoms with Crippen LogP contribution >= 0.6 is 23.4 Å². The molecule has 7 nitrogen and oxygen atoms in total. The quantitative estimate of drug-likeness (QED) is 0.299. The number of para-hydroxylation sites is 1. The van der Waals surface area contributed by atoms with E-state index >= 15 is 0 Å². The second-order valence-electron chi connectivity index (χ2n) is 9.31. The maximum absolute atomic E-state index is 12.8. The minimum atomic E-state index is -0.0233. The first-order valence-corrected chi connectivity index (χ1v) is 13.7. The Labute approximate surface area is 221 Å². The van der Waals surface area contributed by atoms with Gasteiger partial charge in [0.05, 0.1) is 0 Å². The number of halogens is 1. The zero-order chi connectivity index (χ0) is 25.7. The third kappa shape index (κ3) is 6.10. The molecular formula is C27H32ClN5O2S. The Morgan fingerprint density at radius 2 is 1.78 bits per heavy atom. The van der Waals surface area contributed by atoms with E-state index in [4.69, 9.17) is 11.6 Å². The molecule has 36 heavy (non-hydrogen) atoms. The van der Waals surface area contributed by atoms with E-state index in [1.165, 1.54) is 0 Å². The predicted octanol–water partition coefficient (Wildman–Crippen LogP) is 5.18. The lowest BCUT2D eigenvalue weighted by molar-refractivity contribution is -0.144. The van der Waals surface area contributed by atoms with Crippen molar-refractivity contribution in [1.29, 1.82) is 0 Å². The highest BCUT2D eigenvalue weighted by Crippen LogP contribution is 2.29. The smallest absolute Gasteiger partial charge is 0.225 e. The zero-order valence-electron chi connectivity index (χ0n) is 20.9. The van der Waals surface area contributed by atoms with Crippen molar-refractivity contribution in [3.05, 3.63) is 59.6 Å². The normalized spacial score (nSPS) is 16.0. The van der Waals surface area contributed by atoms with E-state index in [0.29, 0.717) is 31.1 Å². The van der Waals surface area contributed by atoms with Crippen molar-refractivity contribution >= 4 is 35.2 Å². The van der Waals surface area contributed by atoms with Gasteiger partial charge in [-0.1, -0.05) is 55.4 Å². The second-order valence-corrected chi connectivity index (χ2v) is 10.8. The summed E-state index contributed by atoms with van der Waals surface area (Å²) in [6, 6.07) is 17.6. The van der Waals surface area contributed by atoms with Crippen molar-refractivity contribution in [3.8, 4) is 17.1 Å². The third-order valence-electron chi connectivity index (χ3n) is 6.27. The van der Waals surface area contributed by atoms with Gasteiger partial charge in [-0.2, -0.15) is 0 Å². The fourth-order valence-electron chi connectivity index (χ4n) is 4.35. The SMILES string of the molecule is CC(C)C(=O)N1CCN(C(=O)CCCSc2nnc(-c3ccc(Cl)cc3)n2-c2ccccc2)CC1C. The van der Waals surface area contributed by atoms with Gasteiger partial charge in [-0.15, -0.1) is 10.2 Å². The summed E-state index contributed by atoms with van der Waals surface area (Å²) in [6.07, 6.45) is 1.21. The summed E-state index contributed by atoms with van der Waals surface area (Å²) in [5.41, 5.74) is 1.91. The Hall–Kier alpha value is -2.84. The second kappa shape index (κ2) is 11.9. The van der Waals surface area contributed by atoms with E-state index in [1.54, 1.807) is 11.8 Å². The molecule has 1 atom stereocenters. The predicted molar refractivity (Wildman–Crippen MR) is 144 cm³/mol.